The van der Waals surface area contributed by atoms with Crippen LogP contribution in [0.5, 0.6) is 0 Å². The van der Waals surface area contributed by atoms with Gasteiger partial charge in [-0.3, -0.25) is 9.59 Å². The van der Waals surface area contributed by atoms with Crippen molar-refractivity contribution in [3.63, 3.8) is 0 Å². The first kappa shape index (κ1) is 29.4. The summed E-state index contributed by atoms with van der Waals surface area (Å²) in [7, 11) is 1.96. The smallest absolute Gasteiger partial charge is 0.309 e. The summed E-state index contributed by atoms with van der Waals surface area (Å²) in [4.78, 5) is 31.5. The fourth-order valence-electron chi connectivity index (χ4n) is 5.98. The molecule has 8 nitrogen and oxygen atoms in total. The van der Waals surface area contributed by atoms with Crippen molar-refractivity contribution < 1.29 is 29.3 Å². The molecule has 2 saturated heterocycles. The predicted molar refractivity (Wildman–Crippen MR) is 149 cm³/mol. The van der Waals surface area contributed by atoms with Gasteiger partial charge in [0.05, 0.1) is 46.8 Å². The zero-order valence-corrected chi connectivity index (χ0v) is 24.1. The van der Waals surface area contributed by atoms with Crippen molar-refractivity contribution in [2.45, 2.75) is 103 Å². The van der Waals surface area contributed by atoms with Crippen LogP contribution in [0.3, 0.4) is 0 Å². The maximum atomic E-state index is 13.6. The van der Waals surface area contributed by atoms with E-state index >= 15 is 0 Å². The lowest BCUT2D eigenvalue weighted by molar-refractivity contribution is -0.156. The number of cyclic esters (lactones) is 1. The number of carbonyl (C=O) groups excluding carboxylic acids is 2. The van der Waals surface area contributed by atoms with Crippen LogP contribution in [0.1, 0.15) is 83.7 Å². The number of aliphatic hydroxyl groups is 2. The minimum atomic E-state index is -1.27. The van der Waals surface area contributed by atoms with E-state index in [0.29, 0.717) is 12.8 Å². The van der Waals surface area contributed by atoms with Gasteiger partial charge in [-0.25, -0.2) is 4.98 Å². The molecule has 2 aliphatic heterocycles. The molecule has 0 spiro atoms. The second-order valence-corrected chi connectivity index (χ2v) is 12.4. The molecule has 3 heterocycles. The van der Waals surface area contributed by atoms with Crippen molar-refractivity contribution in [2.75, 3.05) is 0 Å². The molecule has 2 aliphatic rings. The number of aryl methyl sites for hydroxylation is 2. The molecule has 2 fully saturated rings. The van der Waals surface area contributed by atoms with Crippen molar-refractivity contribution in [1.29, 1.82) is 0 Å². The quantitative estimate of drug-likeness (QED) is 0.329. The Morgan fingerprint density at radius 1 is 1.23 bits per heavy atom. The van der Waals surface area contributed by atoms with E-state index in [2.05, 4.69) is 18.5 Å². The van der Waals surface area contributed by atoms with E-state index in [9.17, 15) is 19.8 Å². The molecule has 4 rings (SSSR count). The highest BCUT2D eigenvalue weighted by atomic mass is 16.6. The number of nitrogens with zero attached hydrogens (tertiary/aromatic N) is 2. The summed E-state index contributed by atoms with van der Waals surface area (Å²) in [5.74, 6) is -0.812. The number of carbonyl (C=O) groups is 2. The van der Waals surface area contributed by atoms with Gasteiger partial charge in [-0.2, -0.15) is 0 Å². The summed E-state index contributed by atoms with van der Waals surface area (Å²) in [6, 6.07) is 5.88. The molecule has 0 aliphatic carbocycles. The van der Waals surface area contributed by atoms with Crippen molar-refractivity contribution in [2.24, 2.45) is 24.3 Å². The molecule has 2 N–H and O–H groups in total. The molecular formula is C31H44N2O6. The van der Waals surface area contributed by atoms with Crippen LogP contribution in [-0.4, -0.2) is 55.4 Å². The fourth-order valence-corrected chi connectivity index (χ4v) is 5.98. The monoisotopic (exact) mass is 540 g/mol. The van der Waals surface area contributed by atoms with Crippen LogP contribution in [0, 0.1) is 24.2 Å². The summed E-state index contributed by atoms with van der Waals surface area (Å²) in [5.41, 5.74) is 1.03. The molecule has 8 heteroatoms. The van der Waals surface area contributed by atoms with Crippen molar-refractivity contribution in [3.05, 3.63) is 42.2 Å². The Hall–Kier alpha value is -2.55. The van der Waals surface area contributed by atoms with E-state index < -0.39 is 35.6 Å². The zero-order valence-electron chi connectivity index (χ0n) is 24.1. The van der Waals surface area contributed by atoms with Crippen molar-refractivity contribution in [1.82, 2.24) is 9.55 Å². The van der Waals surface area contributed by atoms with Gasteiger partial charge in [-0.15, -0.1) is 6.58 Å². The SMILES string of the molecule is C=CC[C@@H]1C(=O)C(C)(C)[C@H](O)CC(=O)O[C@H](c2ccc3c(c2)nc(C)n3C)C[C@@H]2O[C@@]2(C)CCC[C@H](C)[C@H]1O. The van der Waals surface area contributed by atoms with Crippen LogP contribution >= 0.6 is 0 Å². The van der Waals surface area contributed by atoms with Crippen LogP contribution in [0.2, 0.25) is 0 Å². The number of hydrogen-bond donors (Lipinski definition) is 2. The number of Topliss-reactive ketones (excluding diaryl/α,β-unsaturated/α-hetero) is 1. The Bertz CT molecular complexity index is 1240. The summed E-state index contributed by atoms with van der Waals surface area (Å²) >= 11 is 0. The number of epoxide rings is 1. The molecule has 0 radical (unpaired) electrons. The number of aliphatic hydroxyl groups excluding tert-OH is 2. The van der Waals surface area contributed by atoms with E-state index in [1.165, 1.54) is 0 Å². The molecule has 214 valence electrons. The first-order valence-electron chi connectivity index (χ1n) is 14.1. The van der Waals surface area contributed by atoms with Gasteiger partial charge in [0, 0.05) is 19.4 Å². The zero-order chi connectivity index (χ0) is 28.7. The fraction of sp³-hybridized carbons (Fsp3) is 0.645. The third kappa shape index (κ3) is 5.98. The number of benzene rings is 1. The van der Waals surface area contributed by atoms with Gasteiger partial charge in [-0.1, -0.05) is 39.3 Å². The Morgan fingerprint density at radius 2 is 1.95 bits per heavy atom. The molecule has 2 aromatic rings. The lowest BCUT2D eigenvalue weighted by Gasteiger charge is -2.35. The van der Waals surface area contributed by atoms with Crippen LogP contribution in [0.15, 0.2) is 30.9 Å². The number of allylic oxidation sites excluding steroid dienone is 1. The highest BCUT2D eigenvalue weighted by molar-refractivity contribution is 5.88. The van der Waals surface area contributed by atoms with Gasteiger partial charge in [0.1, 0.15) is 17.7 Å². The topological polar surface area (TPSA) is 114 Å². The number of fused-ring (bicyclic) bond motifs is 2. The van der Waals surface area contributed by atoms with Crippen LogP contribution in [-0.2, 0) is 26.1 Å². The predicted octanol–water partition coefficient (Wildman–Crippen LogP) is 4.73. The molecule has 1 aromatic heterocycles. The Balaban J connectivity index is 1.64. The normalized spacial score (nSPS) is 34.4. The second kappa shape index (κ2) is 11.1. The van der Waals surface area contributed by atoms with Crippen LogP contribution < -0.4 is 0 Å². The summed E-state index contributed by atoms with van der Waals surface area (Å²) in [6.07, 6.45) is 1.63. The molecule has 1 aromatic carbocycles. The summed E-state index contributed by atoms with van der Waals surface area (Å²) in [5, 5.41) is 22.2. The van der Waals surface area contributed by atoms with Crippen molar-refractivity contribution in [3.8, 4) is 0 Å². The number of ether oxygens (including phenoxy) is 2. The number of imidazole rings is 1. The van der Waals surface area contributed by atoms with Crippen LogP contribution in [0.4, 0.5) is 0 Å². The average molecular weight is 541 g/mol. The number of esters is 1. The first-order valence-corrected chi connectivity index (χ1v) is 14.1. The molecule has 0 amide bonds. The van der Waals surface area contributed by atoms with E-state index in [4.69, 9.17) is 9.47 Å². The molecular weight excluding hydrogens is 496 g/mol. The first-order chi connectivity index (χ1) is 18.3. The summed E-state index contributed by atoms with van der Waals surface area (Å²) < 4.78 is 14.1. The largest absolute Gasteiger partial charge is 0.457 e. The lowest BCUT2D eigenvalue weighted by atomic mass is 9.71. The molecule has 0 unspecified atom stereocenters. The average Bonchev–Trinajstić information content (AvgIpc) is 3.42. The highest BCUT2D eigenvalue weighted by Gasteiger charge is 2.53. The lowest BCUT2D eigenvalue weighted by Crippen LogP contribution is -2.46. The standard InChI is InChI=1S/C31H44N2O6/c1-8-10-21-28(36)18(2)11-9-14-31(6)26(39-31)16-24(38-27(35)17-25(34)30(4,5)29(21)37)20-12-13-23-22(15-20)32-19(3)33(23)7/h8,12-13,15,18,21,24-26,28,34,36H,1,9-11,14,16-17H2,2-7H3/t18-,21-,24-,25+,26-,28+,31-/m0/s1. The maximum Gasteiger partial charge on any atom is 0.309 e. The maximum absolute atomic E-state index is 13.6. The molecule has 0 saturated carbocycles. The third-order valence-electron chi connectivity index (χ3n) is 9.15. The second-order valence-electron chi connectivity index (χ2n) is 12.4. The number of hydrogen-bond acceptors (Lipinski definition) is 7. The number of ketones is 1. The van der Waals surface area contributed by atoms with Gasteiger partial charge in [0.15, 0.2) is 0 Å². The minimum absolute atomic E-state index is 0.0824. The van der Waals surface area contributed by atoms with Crippen LogP contribution in [0.25, 0.3) is 11.0 Å². The summed E-state index contributed by atoms with van der Waals surface area (Å²) in [6.45, 7) is 13.0. The number of rotatable bonds is 3. The molecule has 39 heavy (non-hydrogen) atoms. The molecule has 0 bridgehead atoms. The Morgan fingerprint density at radius 3 is 2.64 bits per heavy atom. The van der Waals surface area contributed by atoms with Crippen molar-refractivity contribution >= 4 is 22.8 Å². The van der Waals surface area contributed by atoms with Gasteiger partial charge >= 0.3 is 5.97 Å². The Kier molecular flexibility index (Phi) is 8.41. The van der Waals surface area contributed by atoms with Gasteiger partial charge in [-0.05, 0) is 56.7 Å². The third-order valence-corrected chi connectivity index (χ3v) is 9.15. The number of aromatic nitrogens is 2. The minimum Gasteiger partial charge on any atom is -0.457 e. The van der Waals surface area contributed by atoms with Gasteiger partial charge in [0.2, 0.25) is 0 Å². The molecule has 7 atom stereocenters. The Labute approximate surface area is 231 Å². The van der Waals surface area contributed by atoms with E-state index in [0.717, 1.165) is 41.7 Å². The van der Waals surface area contributed by atoms with Gasteiger partial charge < -0.3 is 24.3 Å². The van der Waals surface area contributed by atoms with E-state index in [-0.39, 0.29) is 29.8 Å². The van der Waals surface area contributed by atoms with E-state index in [1.807, 2.05) is 43.7 Å². The van der Waals surface area contributed by atoms with Gasteiger partial charge in [0.25, 0.3) is 0 Å². The van der Waals surface area contributed by atoms with E-state index in [1.54, 1.807) is 19.9 Å². The highest BCUT2D eigenvalue weighted by Crippen LogP contribution is 2.47.